The zero-order valence-electron chi connectivity index (χ0n) is 19.7. The number of nitrogens with one attached hydrogen (secondary N) is 1. The molecule has 1 saturated heterocycles. The number of amides is 2. The van der Waals surface area contributed by atoms with Crippen LogP contribution in [-0.2, 0) is 28.7 Å². The molecule has 2 aliphatic carbocycles. The van der Waals surface area contributed by atoms with E-state index in [1.54, 1.807) is 18.2 Å². The Morgan fingerprint density at radius 2 is 1.74 bits per heavy atom. The number of ether oxygens (including phenoxy) is 2. The smallest absolute Gasteiger partial charge is 0.307 e. The predicted octanol–water partition coefficient (Wildman–Crippen LogP) is 3.29. The fraction of sp³-hybridized carbons (Fsp3) is 0.538. The molecule has 0 radical (unpaired) electrons. The van der Waals surface area contributed by atoms with Gasteiger partial charge >= 0.3 is 11.9 Å². The van der Waals surface area contributed by atoms with Crippen molar-refractivity contribution in [3.8, 4) is 0 Å². The van der Waals surface area contributed by atoms with Gasteiger partial charge in [0, 0.05) is 38.0 Å². The lowest BCUT2D eigenvalue weighted by atomic mass is 9.70. The highest BCUT2D eigenvalue weighted by Gasteiger charge is 2.55. The lowest BCUT2D eigenvalue weighted by molar-refractivity contribution is -0.148. The minimum absolute atomic E-state index is 0.0453. The second-order valence-corrected chi connectivity index (χ2v) is 9.42. The van der Waals surface area contributed by atoms with E-state index in [9.17, 15) is 19.2 Å². The average Bonchev–Trinajstić information content (AvgIpc) is 3.13. The zero-order chi connectivity index (χ0) is 24.2. The molecule has 1 aromatic carbocycles. The van der Waals surface area contributed by atoms with E-state index in [0.29, 0.717) is 18.0 Å². The van der Waals surface area contributed by atoms with Crippen molar-refractivity contribution in [2.24, 2.45) is 23.7 Å². The third-order valence-electron chi connectivity index (χ3n) is 7.09. The number of fused-ring (bicyclic) bond motifs is 1. The Balaban J connectivity index is 1.69. The molecule has 182 valence electrons. The Hall–Kier alpha value is -3.16. The van der Waals surface area contributed by atoms with Crippen molar-refractivity contribution in [1.82, 2.24) is 4.90 Å². The van der Waals surface area contributed by atoms with Gasteiger partial charge in [-0.15, -0.1) is 0 Å². The van der Waals surface area contributed by atoms with Gasteiger partial charge < -0.3 is 19.7 Å². The number of carbonyl (C=O) groups is 4. The summed E-state index contributed by atoms with van der Waals surface area (Å²) in [4.78, 5) is 52.8. The van der Waals surface area contributed by atoms with Gasteiger partial charge in [0.25, 0.3) is 0 Å². The molecule has 1 aliphatic heterocycles. The van der Waals surface area contributed by atoms with Crippen LogP contribution >= 0.6 is 0 Å². The van der Waals surface area contributed by atoms with Crippen LogP contribution in [0.5, 0.6) is 0 Å². The molecular formula is C26H32N2O6. The van der Waals surface area contributed by atoms with Crippen LogP contribution in [0.4, 0.5) is 5.69 Å². The second kappa shape index (κ2) is 10.4. The van der Waals surface area contributed by atoms with Crippen molar-refractivity contribution in [2.75, 3.05) is 18.5 Å². The summed E-state index contributed by atoms with van der Waals surface area (Å²) in [7, 11) is 0. The molecule has 4 unspecified atom stereocenters. The van der Waals surface area contributed by atoms with Gasteiger partial charge in [-0.25, -0.2) is 0 Å². The number of rotatable bonds is 6. The fourth-order valence-electron chi connectivity index (χ4n) is 5.63. The second-order valence-electron chi connectivity index (χ2n) is 9.42. The van der Waals surface area contributed by atoms with Crippen LogP contribution in [0.3, 0.4) is 0 Å². The van der Waals surface area contributed by atoms with Crippen LogP contribution < -0.4 is 5.32 Å². The first-order valence-corrected chi connectivity index (χ1v) is 12.0. The Kier molecular flexibility index (Phi) is 7.34. The van der Waals surface area contributed by atoms with E-state index in [1.807, 2.05) is 23.1 Å². The topological polar surface area (TPSA) is 102 Å². The Bertz CT molecular complexity index is 969. The molecule has 4 atom stereocenters. The van der Waals surface area contributed by atoms with Crippen LogP contribution in [0.25, 0.3) is 0 Å². The van der Waals surface area contributed by atoms with Crippen LogP contribution in [0.15, 0.2) is 42.2 Å². The van der Waals surface area contributed by atoms with E-state index in [-0.39, 0.29) is 30.4 Å². The lowest BCUT2D eigenvalue weighted by Crippen LogP contribution is -2.46. The highest BCUT2D eigenvalue weighted by atomic mass is 16.5. The normalized spacial score (nSPS) is 26.9. The summed E-state index contributed by atoms with van der Waals surface area (Å²) in [5.41, 5.74) is 0.605. The highest BCUT2D eigenvalue weighted by Crippen LogP contribution is 2.46. The summed E-state index contributed by atoms with van der Waals surface area (Å²) >= 11 is 0. The minimum atomic E-state index is -0.843. The maximum absolute atomic E-state index is 13.7. The minimum Gasteiger partial charge on any atom is -0.465 e. The van der Waals surface area contributed by atoms with Crippen LogP contribution in [0.1, 0.15) is 46.0 Å². The number of likely N-dealkylation sites (tertiary alicyclic amines) is 1. The first kappa shape index (κ1) is 24.0. The number of carbonyl (C=O) groups excluding carboxylic acids is 4. The Labute approximate surface area is 199 Å². The molecule has 1 N–H and O–H groups in total. The van der Waals surface area contributed by atoms with Crippen LogP contribution in [-0.4, -0.2) is 47.8 Å². The number of esters is 2. The molecule has 0 bridgehead atoms. The number of anilines is 1. The van der Waals surface area contributed by atoms with Crippen molar-refractivity contribution in [1.29, 1.82) is 0 Å². The van der Waals surface area contributed by atoms with E-state index in [0.717, 1.165) is 25.7 Å². The number of hydrogen-bond acceptors (Lipinski definition) is 6. The summed E-state index contributed by atoms with van der Waals surface area (Å²) in [6.45, 7) is 2.92. The third-order valence-corrected chi connectivity index (χ3v) is 7.09. The predicted molar refractivity (Wildman–Crippen MR) is 124 cm³/mol. The molecule has 0 spiro atoms. The van der Waals surface area contributed by atoms with Gasteiger partial charge in [0.2, 0.25) is 11.8 Å². The molecule has 1 heterocycles. The maximum atomic E-state index is 13.7. The van der Waals surface area contributed by atoms with Gasteiger partial charge in [-0.1, -0.05) is 37.5 Å². The summed E-state index contributed by atoms with van der Waals surface area (Å²) < 4.78 is 10.8. The number of hydrogen-bond donors (Lipinski definition) is 1. The number of para-hydroxylation sites is 1. The average molecular weight is 469 g/mol. The third kappa shape index (κ3) is 5.16. The van der Waals surface area contributed by atoms with Gasteiger partial charge in [-0.05, 0) is 31.1 Å². The van der Waals surface area contributed by atoms with Gasteiger partial charge in [0.1, 0.15) is 12.4 Å². The molecule has 2 amide bonds. The molecule has 1 saturated carbocycles. The first-order chi connectivity index (χ1) is 16.3. The molecule has 0 aromatic heterocycles. The molecule has 34 heavy (non-hydrogen) atoms. The van der Waals surface area contributed by atoms with Crippen molar-refractivity contribution in [2.45, 2.75) is 52.0 Å². The standard InChI is InChI=1S/C26H32N2O6/c1-16(29)33-15-21-22(34-17(2)30)13-18-14-28(20-11-7-4-8-12-20)26(32)23(18)24(21)25(31)27-19-9-5-3-6-10-19/h3,5-6,9-10,13,18,20-21,23-24H,4,7-8,11-12,14-15H2,1-2H3,(H,27,31). The first-order valence-electron chi connectivity index (χ1n) is 12.0. The molecular weight excluding hydrogens is 436 g/mol. The molecule has 1 aromatic rings. The van der Waals surface area contributed by atoms with Gasteiger partial charge in [-0.2, -0.15) is 0 Å². The van der Waals surface area contributed by atoms with Crippen molar-refractivity contribution in [3.63, 3.8) is 0 Å². The van der Waals surface area contributed by atoms with Gasteiger partial charge in [0.05, 0.1) is 17.8 Å². The molecule has 4 rings (SSSR count). The maximum Gasteiger partial charge on any atom is 0.307 e. The van der Waals surface area contributed by atoms with E-state index >= 15 is 0 Å². The van der Waals surface area contributed by atoms with E-state index in [4.69, 9.17) is 9.47 Å². The quantitative estimate of drug-likeness (QED) is 0.643. The lowest BCUT2D eigenvalue weighted by Gasteiger charge is -2.36. The fourth-order valence-corrected chi connectivity index (χ4v) is 5.63. The monoisotopic (exact) mass is 468 g/mol. The molecule has 2 fully saturated rings. The summed E-state index contributed by atoms with van der Waals surface area (Å²) in [5, 5.41) is 2.91. The number of benzene rings is 1. The van der Waals surface area contributed by atoms with E-state index in [2.05, 4.69) is 5.32 Å². The van der Waals surface area contributed by atoms with Gasteiger partial charge in [0.15, 0.2) is 0 Å². The molecule has 8 heteroatoms. The molecule has 8 nitrogen and oxygen atoms in total. The van der Waals surface area contributed by atoms with E-state index in [1.165, 1.54) is 20.3 Å². The van der Waals surface area contributed by atoms with Crippen molar-refractivity contribution < 1.29 is 28.7 Å². The van der Waals surface area contributed by atoms with Gasteiger partial charge in [-0.3, -0.25) is 19.2 Å². The Morgan fingerprint density at radius 1 is 1.03 bits per heavy atom. The summed E-state index contributed by atoms with van der Waals surface area (Å²) in [6, 6.07) is 9.18. The Morgan fingerprint density at radius 3 is 2.38 bits per heavy atom. The summed E-state index contributed by atoms with van der Waals surface area (Å²) in [6.07, 6.45) is 7.07. The molecule has 3 aliphatic rings. The largest absolute Gasteiger partial charge is 0.465 e. The summed E-state index contributed by atoms with van der Waals surface area (Å²) in [5.74, 6) is -3.58. The van der Waals surface area contributed by atoms with E-state index < -0.39 is 29.7 Å². The van der Waals surface area contributed by atoms with Crippen molar-refractivity contribution in [3.05, 3.63) is 42.2 Å². The zero-order valence-corrected chi connectivity index (χ0v) is 19.7. The highest BCUT2D eigenvalue weighted by molar-refractivity contribution is 5.97. The van der Waals surface area contributed by atoms with Crippen molar-refractivity contribution >= 4 is 29.4 Å². The number of nitrogens with zero attached hydrogens (tertiary/aromatic N) is 1. The SMILES string of the molecule is CC(=O)OCC1C(OC(C)=O)=CC2CN(C3CCCCC3)C(=O)C2C1C(=O)Nc1ccccc1. The van der Waals surface area contributed by atoms with Crippen LogP contribution in [0, 0.1) is 23.7 Å². The van der Waals surface area contributed by atoms with Crippen LogP contribution in [0.2, 0.25) is 0 Å².